The molecule has 0 unspecified atom stereocenters. The summed E-state index contributed by atoms with van der Waals surface area (Å²) in [5.74, 6) is -0.0378. The third kappa shape index (κ3) is 3.88. The van der Waals surface area contributed by atoms with Crippen molar-refractivity contribution in [3.8, 4) is 0 Å². The fraction of sp³-hybridized carbons (Fsp3) is 0.381. The molecule has 0 atom stereocenters. The SMILES string of the molecule is CC(C)c1ccc(S(=O)(=O)N2CCN(Cn3c(=O)oc4ccccc43)CC2)cc1. The molecule has 0 N–H and O–H groups in total. The van der Waals surface area contributed by atoms with E-state index in [1.54, 1.807) is 22.8 Å². The summed E-state index contributed by atoms with van der Waals surface area (Å²) >= 11 is 0. The average Bonchev–Trinajstić information content (AvgIpc) is 3.04. The number of oxazole rings is 1. The molecular weight excluding hydrogens is 390 g/mol. The van der Waals surface area contributed by atoms with Crippen molar-refractivity contribution in [1.82, 2.24) is 13.8 Å². The highest BCUT2D eigenvalue weighted by Gasteiger charge is 2.29. The van der Waals surface area contributed by atoms with Crippen molar-refractivity contribution in [2.75, 3.05) is 26.2 Å². The van der Waals surface area contributed by atoms with Crippen molar-refractivity contribution in [3.63, 3.8) is 0 Å². The Morgan fingerprint density at radius 1 is 0.966 bits per heavy atom. The van der Waals surface area contributed by atoms with Crippen molar-refractivity contribution in [2.24, 2.45) is 0 Å². The Labute approximate surface area is 170 Å². The number of nitrogens with zero attached hydrogens (tertiary/aromatic N) is 3. The molecule has 29 heavy (non-hydrogen) atoms. The Hall–Kier alpha value is -2.42. The number of hydrogen-bond acceptors (Lipinski definition) is 5. The van der Waals surface area contributed by atoms with Crippen LogP contribution in [-0.4, -0.2) is 48.4 Å². The maximum absolute atomic E-state index is 13.0. The zero-order valence-corrected chi connectivity index (χ0v) is 17.4. The number of aromatic nitrogens is 1. The van der Waals surface area contributed by atoms with Gasteiger partial charge in [0.2, 0.25) is 10.0 Å². The minimum absolute atomic E-state index is 0.326. The molecule has 0 saturated carbocycles. The third-order valence-electron chi connectivity index (χ3n) is 5.43. The van der Waals surface area contributed by atoms with Crippen LogP contribution in [0.3, 0.4) is 0 Å². The van der Waals surface area contributed by atoms with E-state index in [4.69, 9.17) is 4.42 Å². The molecule has 3 aromatic rings. The van der Waals surface area contributed by atoms with Crippen molar-refractivity contribution in [2.45, 2.75) is 31.3 Å². The standard InChI is InChI=1S/C21H25N3O4S/c1-16(2)17-7-9-18(10-8-17)29(26,27)23-13-11-22(12-14-23)15-24-19-5-3-4-6-20(19)28-21(24)25/h3-10,16H,11-15H2,1-2H3. The number of rotatable bonds is 5. The van der Waals surface area contributed by atoms with E-state index < -0.39 is 15.8 Å². The molecule has 1 aliphatic rings. The minimum Gasteiger partial charge on any atom is -0.408 e. The van der Waals surface area contributed by atoms with Crippen LogP contribution in [0, 0.1) is 0 Å². The molecule has 4 rings (SSSR count). The number of hydrogen-bond donors (Lipinski definition) is 0. The second kappa shape index (κ2) is 7.78. The van der Waals surface area contributed by atoms with Crippen molar-refractivity contribution in [3.05, 3.63) is 64.6 Å². The molecule has 7 nitrogen and oxygen atoms in total. The Bertz CT molecular complexity index is 1150. The van der Waals surface area contributed by atoms with Crippen LogP contribution in [0.1, 0.15) is 25.3 Å². The first-order valence-electron chi connectivity index (χ1n) is 9.77. The van der Waals surface area contributed by atoms with Crippen LogP contribution >= 0.6 is 0 Å². The number of piperazine rings is 1. The van der Waals surface area contributed by atoms with E-state index in [2.05, 4.69) is 18.7 Å². The molecule has 1 fully saturated rings. The quantitative estimate of drug-likeness (QED) is 0.640. The highest BCUT2D eigenvalue weighted by Crippen LogP contribution is 2.21. The largest absolute Gasteiger partial charge is 0.421 e. The zero-order valence-electron chi connectivity index (χ0n) is 16.6. The van der Waals surface area contributed by atoms with Gasteiger partial charge < -0.3 is 4.42 Å². The van der Waals surface area contributed by atoms with Gasteiger partial charge in [0.1, 0.15) is 0 Å². The summed E-state index contributed by atoms with van der Waals surface area (Å²) in [5, 5.41) is 0. The van der Waals surface area contributed by atoms with Gasteiger partial charge in [0.05, 0.1) is 17.1 Å². The van der Waals surface area contributed by atoms with Gasteiger partial charge in [-0.1, -0.05) is 38.1 Å². The molecule has 0 amide bonds. The molecular formula is C21H25N3O4S. The Balaban J connectivity index is 1.44. The van der Waals surface area contributed by atoms with E-state index in [1.165, 1.54) is 4.31 Å². The average molecular weight is 416 g/mol. The van der Waals surface area contributed by atoms with Crippen LogP contribution in [0.15, 0.2) is 62.6 Å². The first-order valence-corrected chi connectivity index (χ1v) is 11.2. The maximum Gasteiger partial charge on any atom is 0.421 e. The predicted molar refractivity (Wildman–Crippen MR) is 111 cm³/mol. The number of para-hydroxylation sites is 2. The molecule has 1 saturated heterocycles. The first-order chi connectivity index (χ1) is 13.9. The van der Waals surface area contributed by atoms with Gasteiger partial charge >= 0.3 is 5.76 Å². The van der Waals surface area contributed by atoms with E-state index in [0.29, 0.717) is 49.2 Å². The topological polar surface area (TPSA) is 75.8 Å². The van der Waals surface area contributed by atoms with E-state index in [9.17, 15) is 13.2 Å². The molecule has 0 spiro atoms. The summed E-state index contributed by atoms with van der Waals surface area (Å²) in [7, 11) is -3.51. The van der Waals surface area contributed by atoms with Gasteiger partial charge in [-0.25, -0.2) is 13.2 Å². The highest BCUT2D eigenvalue weighted by atomic mass is 32.2. The molecule has 8 heteroatoms. The fourth-order valence-electron chi connectivity index (χ4n) is 3.63. The Morgan fingerprint density at radius 2 is 1.62 bits per heavy atom. The number of sulfonamides is 1. The van der Waals surface area contributed by atoms with Crippen LogP contribution in [0.25, 0.3) is 11.1 Å². The van der Waals surface area contributed by atoms with Gasteiger partial charge in [0.25, 0.3) is 0 Å². The summed E-state index contributed by atoms with van der Waals surface area (Å²) in [5.41, 5.74) is 2.42. The second-order valence-electron chi connectivity index (χ2n) is 7.65. The predicted octanol–water partition coefficient (Wildman–Crippen LogP) is 2.68. The van der Waals surface area contributed by atoms with Gasteiger partial charge in [-0.15, -0.1) is 0 Å². The van der Waals surface area contributed by atoms with Crippen molar-refractivity contribution < 1.29 is 12.8 Å². The fourth-order valence-corrected chi connectivity index (χ4v) is 5.06. The molecule has 1 aliphatic heterocycles. The second-order valence-corrected chi connectivity index (χ2v) is 9.59. The molecule has 0 bridgehead atoms. The van der Waals surface area contributed by atoms with E-state index in [0.717, 1.165) is 11.1 Å². The highest BCUT2D eigenvalue weighted by molar-refractivity contribution is 7.89. The van der Waals surface area contributed by atoms with Gasteiger partial charge in [-0.05, 0) is 35.7 Å². The van der Waals surface area contributed by atoms with Gasteiger partial charge in [0.15, 0.2) is 5.58 Å². The maximum atomic E-state index is 13.0. The lowest BCUT2D eigenvalue weighted by molar-refractivity contribution is 0.150. The molecule has 2 heterocycles. The van der Waals surface area contributed by atoms with Gasteiger partial charge in [-0.2, -0.15) is 4.31 Å². The lowest BCUT2D eigenvalue weighted by Crippen LogP contribution is -2.49. The third-order valence-corrected chi connectivity index (χ3v) is 7.34. The van der Waals surface area contributed by atoms with E-state index >= 15 is 0 Å². The van der Waals surface area contributed by atoms with Crippen molar-refractivity contribution >= 4 is 21.1 Å². The van der Waals surface area contributed by atoms with Crippen LogP contribution in [0.2, 0.25) is 0 Å². The first kappa shape index (κ1) is 19.9. The smallest absolute Gasteiger partial charge is 0.408 e. The lowest BCUT2D eigenvalue weighted by Gasteiger charge is -2.33. The van der Waals surface area contributed by atoms with Crippen LogP contribution in [-0.2, 0) is 16.7 Å². The van der Waals surface area contributed by atoms with Crippen LogP contribution in [0.4, 0.5) is 0 Å². The van der Waals surface area contributed by atoms with Crippen LogP contribution < -0.4 is 5.76 Å². The molecule has 0 radical (unpaired) electrons. The lowest BCUT2D eigenvalue weighted by atomic mass is 10.0. The summed E-state index contributed by atoms with van der Waals surface area (Å²) in [6, 6.07) is 14.4. The van der Waals surface area contributed by atoms with Crippen LogP contribution in [0.5, 0.6) is 0 Å². The van der Waals surface area contributed by atoms with Gasteiger partial charge in [-0.3, -0.25) is 9.47 Å². The summed E-state index contributed by atoms with van der Waals surface area (Å²) in [6.45, 7) is 6.42. The minimum atomic E-state index is -3.51. The monoisotopic (exact) mass is 415 g/mol. The van der Waals surface area contributed by atoms with Gasteiger partial charge in [0, 0.05) is 26.2 Å². The molecule has 154 valence electrons. The molecule has 2 aromatic carbocycles. The normalized spacial score (nSPS) is 16.7. The molecule has 1 aromatic heterocycles. The Kier molecular flexibility index (Phi) is 5.33. The van der Waals surface area contributed by atoms with E-state index in [-0.39, 0.29) is 0 Å². The number of fused-ring (bicyclic) bond motifs is 1. The summed E-state index contributed by atoms with van der Waals surface area (Å²) < 4.78 is 34.3. The number of benzene rings is 2. The summed E-state index contributed by atoms with van der Waals surface area (Å²) in [6.07, 6.45) is 0. The summed E-state index contributed by atoms with van der Waals surface area (Å²) in [4.78, 5) is 14.6. The Morgan fingerprint density at radius 3 is 2.28 bits per heavy atom. The zero-order chi connectivity index (χ0) is 20.6. The van der Waals surface area contributed by atoms with E-state index in [1.807, 2.05) is 30.3 Å². The van der Waals surface area contributed by atoms with Crippen molar-refractivity contribution in [1.29, 1.82) is 0 Å². The molecule has 0 aliphatic carbocycles.